The van der Waals surface area contributed by atoms with Crippen molar-refractivity contribution in [3.05, 3.63) is 54.6 Å². The van der Waals surface area contributed by atoms with Gasteiger partial charge in [-0.3, -0.25) is 4.79 Å². The maximum atomic E-state index is 12.2. The molecule has 0 aliphatic carbocycles. The summed E-state index contributed by atoms with van der Waals surface area (Å²) in [6.07, 6.45) is 0. The molecule has 1 heterocycles. The fraction of sp³-hybridized carbons (Fsp3) is 0.167. The molecule has 0 saturated heterocycles. The minimum atomic E-state index is -0.0494. The number of rotatable bonds is 7. The van der Waals surface area contributed by atoms with Gasteiger partial charge in [-0.05, 0) is 29.8 Å². The van der Waals surface area contributed by atoms with E-state index in [4.69, 9.17) is 0 Å². The third kappa shape index (κ3) is 5.32. The maximum Gasteiger partial charge on any atom is 0.234 e. The smallest absolute Gasteiger partial charge is 0.234 e. The summed E-state index contributed by atoms with van der Waals surface area (Å²) in [7, 11) is 0. The molecule has 1 aromatic heterocycles. The van der Waals surface area contributed by atoms with Crippen LogP contribution in [0.25, 0.3) is 10.8 Å². The largest absolute Gasteiger partial charge is 0.325 e. The summed E-state index contributed by atoms with van der Waals surface area (Å²) in [6.45, 7) is 5.86. The van der Waals surface area contributed by atoms with E-state index < -0.39 is 0 Å². The summed E-state index contributed by atoms with van der Waals surface area (Å²) in [5.74, 6) is 1.10. The second-order valence-electron chi connectivity index (χ2n) is 5.48. The van der Waals surface area contributed by atoms with Crippen molar-refractivity contribution in [2.45, 2.75) is 15.6 Å². The summed E-state index contributed by atoms with van der Waals surface area (Å²) >= 11 is 4.53. The Balaban J connectivity index is 1.52. The Kier molecular flexibility index (Phi) is 6.12. The number of nitrogens with zero attached hydrogens (tertiary/aromatic N) is 2. The molecule has 3 rings (SSSR count). The summed E-state index contributed by atoms with van der Waals surface area (Å²) in [6, 6.07) is 14.0. The molecule has 0 aliphatic heterocycles. The number of anilines is 1. The second kappa shape index (κ2) is 8.51. The van der Waals surface area contributed by atoms with Gasteiger partial charge < -0.3 is 5.32 Å². The minimum absolute atomic E-state index is 0.0494. The summed E-state index contributed by atoms with van der Waals surface area (Å²) < 4.78 is 1.71. The second-order valence-corrected chi connectivity index (χ2v) is 8.90. The average Bonchev–Trinajstić information content (AvgIpc) is 3.06. The molecular formula is C18H17N3OS3. The van der Waals surface area contributed by atoms with E-state index in [9.17, 15) is 4.79 Å². The van der Waals surface area contributed by atoms with Crippen LogP contribution in [-0.4, -0.2) is 27.6 Å². The molecule has 25 heavy (non-hydrogen) atoms. The number of carbonyl (C=O) groups is 1. The van der Waals surface area contributed by atoms with Gasteiger partial charge in [0.05, 0.1) is 5.75 Å². The van der Waals surface area contributed by atoms with Crippen LogP contribution in [0.3, 0.4) is 0 Å². The van der Waals surface area contributed by atoms with Gasteiger partial charge in [-0.1, -0.05) is 77.3 Å². The molecule has 0 bridgehead atoms. The molecule has 0 radical (unpaired) electrons. The number of amides is 1. The molecule has 7 heteroatoms. The van der Waals surface area contributed by atoms with Gasteiger partial charge in [-0.25, -0.2) is 0 Å². The van der Waals surface area contributed by atoms with Gasteiger partial charge in [-0.2, -0.15) is 0 Å². The first-order valence-electron chi connectivity index (χ1n) is 7.62. The number of nitrogens with one attached hydrogen (secondary N) is 1. The molecule has 0 fully saturated rings. The van der Waals surface area contributed by atoms with Crippen LogP contribution in [0.4, 0.5) is 5.69 Å². The summed E-state index contributed by atoms with van der Waals surface area (Å²) in [5, 5.41) is 13.4. The number of carbonyl (C=O) groups excluding carboxylic acids is 1. The Morgan fingerprint density at radius 3 is 2.48 bits per heavy atom. The van der Waals surface area contributed by atoms with Gasteiger partial charge in [0.25, 0.3) is 0 Å². The van der Waals surface area contributed by atoms with Crippen LogP contribution in [0.15, 0.2) is 63.3 Å². The van der Waals surface area contributed by atoms with Crippen molar-refractivity contribution >= 4 is 57.2 Å². The van der Waals surface area contributed by atoms with Crippen molar-refractivity contribution in [3.8, 4) is 0 Å². The van der Waals surface area contributed by atoms with Crippen molar-refractivity contribution in [1.82, 2.24) is 10.2 Å². The SMILES string of the molecule is C=C(C)CSc1nnc(SCC(=O)Nc2ccc3ccccc3c2)s1. The monoisotopic (exact) mass is 387 g/mol. The zero-order chi connectivity index (χ0) is 17.6. The first-order chi connectivity index (χ1) is 12.1. The molecule has 2 aromatic carbocycles. The zero-order valence-corrected chi connectivity index (χ0v) is 16.1. The molecule has 128 valence electrons. The fourth-order valence-electron chi connectivity index (χ4n) is 2.09. The van der Waals surface area contributed by atoms with Gasteiger partial charge >= 0.3 is 0 Å². The predicted molar refractivity (Wildman–Crippen MR) is 109 cm³/mol. The molecular weight excluding hydrogens is 370 g/mol. The van der Waals surface area contributed by atoms with Crippen LogP contribution < -0.4 is 5.32 Å². The lowest BCUT2D eigenvalue weighted by atomic mass is 10.1. The predicted octanol–water partition coefficient (Wildman–Crippen LogP) is 5.09. The molecule has 0 spiro atoms. The van der Waals surface area contributed by atoms with Crippen LogP contribution in [-0.2, 0) is 4.79 Å². The van der Waals surface area contributed by atoms with Crippen LogP contribution in [0.5, 0.6) is 0 Å². The van der Waals surface area contributed by atoms with Gasteiger partial charge in [0, 0.05) is 11.4 Å². The normalized spacial score (nSPS) is 10.8. The minimum Gasteiger partial charge on any atom is -0.325 e. The number of hydrogen-bond acceptors (Lipinski definition) is 6. The van der Waals surface area contributed by atoms with E-state index in [1.54, 1.807) is 11.8 Å². The first-order valence-corrected chi connectivity index (χ1v) is 10.4. The topological polar surface area (TPSA) is 54.9 Å². The van der Waals surface area contributed by atoms with E-state index in [1.165, 1.54) is 23.1 Å². The average molecular weight is 388 g/mol. The number of hydrogen-bond donors (Lipinski definition) is 1. The van der Waals surface area contributed by atoms with Crippen molar-refractivity contribution in [1.29, 1.82) is 0 Å². The van der Waals surface area contributed by atoms with Crippen LogP contribution in [0, 0.1) is 0 Å². The molecule has 0 unspecified atom stereocenters. The van der Waals surface area contributed by atoms with Crippen molar-refractivity contribution in [3.63, 3.8) is 0 Å². The van der Waals surface area contributed by atoms with E-state index in [0.717, 1.165) is 36.5 Å². The Bertz CT molecular complexity index is 907. The Morgan fingerprint density at radius 1 is 1.08 bits per heavy atom. The molecule has 3 aromatic rings. The third-order valence-electron chi connectivity index (χ3n) is 3.19. The Hall–Kier alpha value is -1.83. The molecule has 0 aliphatic rings. The summed E-state index contributed by atoms with van der Waals surface area (Å²) in [5.41, 5.74) is 1.91. The number of thioether (sulfide) groups is 2. The van der Waals surface area contributed by atoms with E-state index in [2.05, 4.69) is 28.2 Å². The highest BCUT2D eigenvalue weighted by Crippen LogP contribution is 2.29. The van der Waals surface area contributed by atoms with Crippen molar-refractivity contribution < 1.29 is 4.79 Å². The lowest BCUT2D eigenvalue weighted by Crippen LogP contribution is -2.13. The van der Waals surface area contributed by atoms with Crippen LogP contribution in [0.1, 0.15) is 6.92 Å². The van der Waals surface area contributed by atoms with E-state index in [1.807, 2.05) is 43.3 Å². The molecule has 0 atom stereocenters. The highest BCUT2D eigenvalue weighted by Gasteiger charge is 2.09. The molecule has 1 N–H and O–H groups in total. The van der Waals surface area contributed by atoms with E-state index >= 15 is 0 Å². The van der Waals surface area contributed by atoms with Gasteiger partial charge in [0.2, 0.25) is 5.91 Å². The number of benzene rings is 2. The lowest BCUT2D eigenvalue weighted by molar-refractivity contribution is -0.113. The van der Waals surface area contributed by atoms with Crippen molar-refractivity contribution in [2.75, 3.05) is 16.8 Å². The highest BCUT2D eigenvalue weighted by atomic mass is 32.2. The van der Waals surface area contributed by atoms with Gasteiger partial charge in [0.1, 0.15) is 0 Å². The van der Waals surface area contributed by atoms with Crippen LogP contribution >= 0.6 is 34.9 Å². The van der Waals surface area contributed by atoms with E-state index in [0.29, 0.717) is 5.75 Å². The van der Waals surface area contributed by atoms with Gasteiger partial charge in [-0.15, -0.1) is 10.2 Å². The molecule has 4 nitrogen and oxygen atoms in total. The quantitative estimate of drug-likeness (QED) is 0.452. The number of fused-ring (bicyclic) bond motifs is 1. The lowest BCUT2D eigenvalue weighted by Gasteiger charge is -2.05. The fourth-order valence-corrected chi connectivity index (χ4v) is 4.75. The zero-order valence-electron chi connectivity index (χ0n) is 13.7. The maximum absolute atomic E-state index is 12.2. The molecule has 1 amide bonds. The van der Waals surface area contributed by atoms with Crippen LogP contribution in [0.2, 0.25) is 0 Å². The van der Waals surface area contributed by atoms with Gasteiger partial charge in [0.15, 0.2) is 8.68 Å². The third-order valence-corrected chi connectivity index (χ3v) is 6.61. The summed E-state index contributed by atoms with van der Waals surface area (Å²) in [4.78, 5) is 12.2. The Morgan fingerprint density at radius 2 is 1.76 bits per heavy atom. The van der Waals surface area contributed by atoms with Crippen molar-refractivity contribution in [2.24, 2.45) is 0 Å². The first kappa shape index (κ1) is 18.0. The highest BCUT2D eigenvalue weighted by molar-refractivity contribution is 8.03. The van der Waals surface area contributed by atoms with E-state index in [-0.39, 0.29) is 5.91 Å². The Labute approximate surface area is 159 Å². The molecule has 0 saturated carbocycles. The standard InChI is InChI=1S/C18H17N3OS3/c1-12(2)10-23-17-20-21-18(25-17)24-11-16(22)19-15-8-7-13-5-3-4-6-14(13)9-15/h3-9H,1,10-11H2,2H3,(H,19,22). The number of aromatic nitrogens is 2.